The normalized spacial score (nSPS) is 10.3. The van der Waals surface area contributed by atoms with Gasteiger partial charge in [0.1, 0.15) is 0 Å². The van der Waals surface area contributed by atoms with E-state index in [1.807, 2.05) is 19.2 Å². The van der Waals surface area contributed by atoms with Crippen LogP contribution >= 0.6 is 12.2 Å². The Hall–Kier alpha value is -1.68. The van der Waals surface area contributed by atoms with Gasteiger partial charge in [0.05, 0.1) is 6.20 Å². The van der Waals surface area contributed by atoms with Gasteiger partial charge in [-0.15, -0.1) is 0 Å². The number of nitrogens with zero attached hydrogens (tertiary/aromatic N) is 2. The molecule has 88 valence electrons. The Kier molecular flexibility index (Phi) is 3.24. The molecule has 0 bridgehead atoms. The van der Waals surface area contributed by atoms with E-state index in [-0.39, 0.29) is 0 Å². The number of rotatable bonds is 1. The molecule has 1 N–H and O–H groups in total. The molecule has 1 heterocycles. The molecule has 0 aliphatic rings. The van der Waals surface area contributed by atoms with E-state index in [1.165, 1.54) is 11.1 Å². The SMILES string of the molecule is Cc1cnn(C(=S)Nc2ccc(C)c(C)c2)c1. The second kappa shape index (κ2) is 4.67. The molecule has 4 heteroatoms. The lowest BCUT2D eigenvalue weighted by Crippen LogP contribution is -2.19. The molecule has 0 fully saturated rings. The zero-order valence-electron chi connectivity index (χ0n) is 10.2. The molecule has 1 aromatic heterocycles. The van der Waals surface area contributed by atoms with Crippen molar-refractivity contribution in [2.24, 2.45) is 0 Å². The fourth-order valence-corrected chi connectivity index (χ4v) is 1.74. The van der Waals surface area contributed by atoms with Crippen molar-refractivity contribution in [2.45, 2.75) is 20.8 Å². The molecular formula is C13H15N3S. The van der Waals surface area contributed by atoms with Crippen LogP contribution in [0.25, 0.3) is 0 Å². The van der Waals surface area contributed by atoms with E-state index in [1.54, 1.807) is 10.9 Å². The van der Waals surface area contributed by atoms with Crippen LogP contribution in [0.1, 0.15) is 16.7 Å². The Balaban J connectivity index is 2.15. The van der Waals surface area contributed by atoms with E-state index >= 15 is 0 Å². The van der Waals surface area contributed by atoms with Crippen molar-refractivity contribution in [3.8, 4) is 0 Å². The van der Waals surface area contributed by atoms with Crippen LogP contribution in [0.15, 0.2) is 30.6 Å². The molecule has 0 aliphatic heterocycles. The van der Waals surface area contributed by atoms with Crippen LogP contribution in [-0.4, -0.2) is 14.9 Å². The fourth-order valence-electron chi connectivity index (χ4n) is 1.52. The minimum atomic E-state index is 0.585. The van der Waals surface area contributed by atoms with Gasteiger partial charge in [0.15, 0.2) is 5.11 Å². The number of anilines is 1. The van der Waals surface area contributed by atoms with Crippen molar-refractivity contribution >= 4 is 23.0 Å². The van der Waals surface area contributed by atoms with Crippen molar-refractivity contribution in [1.82, 2.24) is 9.78 Å². The molecule has 0 saturated heterocycles. The zero-order valence-corrected chi connectivity index (χ0v) is 11.0. The topological polar surface area (TPSA) is 29.9 Å². The number of benzene rings is 1. The highest BCUT2D eigenvalue weighted by Gasteiger charge is 2.02. The van der Waals surface area contributed by atoms with Crippen LogP contribution in [-0.2, 0) is 0 Å². The number of aromatic nitrogens is 2. The predicted octanol–water partition coefficient (Wildman–Crippen LogP) is 3.05. The number of nitrogens with one attached hydrogen (secondary N) is 1. The third-order valence-electron chi connectivity index (χ3n) is 2.68. The average molecular weight is 245 g/mol. The maximum Gasteiger partial charge on any atom is 0.198 e. The van der Waals surface area contributed by atoms with Crippen molar-refractivity contribution in [2.75, 3.05) is 5.32 Å². The Morgan fingerprint density at radius 1 is 1.24 bits per heavy atom. The van der Waals surface area contributed by atoms with Gasteiger partial charge in [-0.25, -0.2) is 4.68 Å². The van der Waals surface area contributed by atoms with E-state index in [0.717, 1.165) is 11.3 Å². The Labute approximate surface area is 106 Å². The van der Waals surface area contributed by atoms with Crippen molar-refractivity contribution in [3.63, 3.8) is 0 Å². The van der Waals surface area contributed by atoms with Crippen molar-refractivity contribution < 1.29 is 0 Å². The maximum atomic E-state index is 5.28. The molecule has 0 unspecified atom stereocenters. The average Bonchev–Trinajstić information content (AvgIpc) is 2.70. The van der Waals surface area contributed by atoms with Crippen LogP contribution in [0.5, 0.6) is 0 Å². The molecule has 2 rings (SSSR count). The highest BCUT2D eigenvalue weighted by molar-refractivity contribution is 7.80. The number of aryl methyl sites for hydroxylation is 3. The molecule has 0 aliphatic carbocycles. The van der Waals surface area contributed by atoms with Crippen LogP contribution in [0.4, 0.5) is 5.69 Å². The number of thiocarbonyl (C=S) groups is 1. The molecular weight excluding hydrogens is 230 g/mol. The van der Waals surface area contributed by atoms with E-state index < -0.39 is 0 Å². The van der Waals surface area contributed by atoms with Gasteiger partial charge in [0.25, 0.3) is 0 Å². The summed E-state index contributed by atoms with van der Waals surface area (Å²) in [4.78, 5) is 0. The molecule has 3 nitrogen and oxygen atoms in total. The minimum Gasteiger partial charge on any atom is -0.331 e. The van der Waals surface area contributed by atoms with Gasteiger partial charge in [0, 0.05) is 11.9 Å². The smallest absolute Gasteiger partial charge is 0.198 e. The Bertz CT molecular complexity index is 558. The van der Waals surface area contributed by atoms with Crippen LogP contribution in [0.2, 0.25) is 0 Å². The van der Waals surface area contributed by atoms with E-state index in [2.05, 4.69) is 36.4 Å². The lowest BCUT2D eigenvalue weighted by molar-refractivity contribution is 0.947. The second-order valence-electron chi connectivity index (χ2n) is 4.19. The van der Waals surface area contributed by atoms with E-state index in [0.29, 0.717) is 5.11 Å². The fraction of sp³-hybridized carbons (Fsp3) is 0.231. The summed E-state index contributed by atoms with van der Waals surface area (Å²) in [5.74, 6) is 0. The summed E-state index contributed by atoms with van der Waals surface area (Å²) >= 11 is 5.28. The maximum absolute atomic E-state index is 5.28. The summed E-state index contributed by atoms with van der Waals surface area (Å²) in [5.41, 5.74) is 4.60. The van der Waals surface area contributed by atoms with Gasteiger partial charge in [-0.05, 0) is 61.8 Å². The summed E-state index contributed by atoms with van der Waals surface area (Å²) in [6, 6.07) is 6.18. The molecule has 1 aromatic carbocycles. The first-order valence-corrected chi connectivity index (χ1v) is 5.87. The lowest BCUT2D eigenvalue weighted by Gasteiger charge is -2.09. The molecule has 0 atom stereocenters. The summed E-state index contributed by atoms with van der Waals surface area (Å²) in [6.45, 7) is 6.16. The third-order valence-corrected chi connectivity index (χ3v) is 2.97. The van der Waals surface area contributed by atoms with Gasteiger partial charge in [-0.3, -0.25) is 0 Å². The summed E-state index contributed by atoms with van der Waals surface area (Å²) in [6.07, 6.45) is 3.69. The third kappa shape index (κ3) is 2.71. The standard InChI is InChI=1S/C13H15N3S/c1-9-7-14-16(8-9)13(17)15-12-5-4-10(2)11(3)6-12/h4-8H,1-3H3,(H,15,17). The Morgan fingerprint density at radius 2 is 2.00 bits per heavy atom. The van der Waals surface area contributed by atoms with Gasteiger partial charge >= 0.3 is 0 Å². The summed E-state index contributed by atoms with van der Waals surface area (Å²) in [5, 5.41) is 7.92. The second-order valence-corrected chi connectivity index (χ2v) is 4.58. The van der Waals surface area contributed by atoms with E-state index in [4.69, 9.17) is 12.2 Å². The van der Waals surface area contributed by atoms with Gasteiger partial charge in [0.2, 0.25) is 0 Å². The monoisotopic (exact) mass is 245 g/mol. The lowest BCUT2D eigenvalue weighted by atomic mass is 10.1. The summed E-state index contributed by atoms with van der Waals surface area (Å²) in [7, 11) is 0. The molecule has 0 amide bonds. The Morgan fingerprint density at radius 3 is 2.59 bits per heavy atom. The number of hydrogen-bond acceptors (Lipinski definition) is 2. The quantitative estimate of drug-likeness (QED) is 0.783. The molecule has 2 aromatic rings. The number of hydrogen-bond donors (Lipinski definition) is 1. The minimum absolute atomic E-state index is 0.585. The molecule has 17 heavy (non-hydrogen) atoms. The largest absolute Gasteiger partial charge is 0.331 e. The van der Waals surface area contributed by atoms with Gasteiger partial charge in [-0.2, -0.15) is 5.10 Å². The molecule has 0 radical (unpaired) electrons. The molecule has 0 spiro atoms. The highest BCUT2D eigenvalue weighted by Crippen LogP contribution is 2.14. The predicted molar refractivity (Wildman–Crippen MR) is 74.5 cm³/mol. The van der Waals surface area contributed by atoms with Gasteiger partial charge in [-0.1, -0.05) is 6.07 Å². The first-order valence-electron chi connectivity index (χ1n) is 5.46. The van der Waals surface area contributed by atoms with Crippen molar-refractivity contribution in [3.05, 3.63) is 47.3 Å². The van der Waals surface area contributed by atoms with Crippen LogP contribution in [0.3, 0.4) is 0 Å². The van der Waals surface area contributed by atoms with Crippen LogP contribution in [0, 0.1) is 20.8 Å². The van der Waals surface area contributed by atoms with Gasteiger partial charge < -0.3 is 5.32 Å². The van der Waals surface area contributed by atoms with Crippen LogP contribution < -0.4 is 5.32 Å². The summed E-state index contributed by atoms with van der Waals surface area (Å²) < 4.78 is 1.67. The first-order chi connectivity index (χ1) is 8.06. The first kappa shape index (κ1) is 11.8. The van der Waals surface area contributed by atoms with E-state index in [9.17, 15) is 0 Å². The van der Waals surface area contributed by atoms with Crippen molar-refractivity contribution in [1.29, 1.82) is 0 Å². The molecule has 0 saturated carbocycles. The highest BCUT2D eigenvalue weighted by atomic mass is 32.1. The zero-order chi connectivity index (χ0) is 12.4.